The molecule has 20 heavy (non-hydrogen) atoms. The number of likely N-dealkylation sites (tertiary alicyclic amines) is 1. The van der Waals surface area contributed by atoms with E-state index in [9.17, 15) is 0 Å². The van der Waals surface area contributed by atoms with Crippen LogP contribution >= 0.6 is 0 Å². The van der Waals surface area contributed by atoms with E-state index >= 15 is 0 Å². The molecule has 0 radical (unpaired) electrons. The zero-order chi connectivity index (χ0) is 14.4. The van der Waals surface area contributed by atoms with Gasteiger partial charge < -0.3 is 4.90 Å². The van der Waals surface area contributed by atoms with E-state index in [4.69, 9.17) is 0 Å². The monoisotopic (exact) mass is 275 g/mol. The van der Waals surface area contributed by atoms with Crippen LogP contribution in [0.1, 0.15) is 57.6 Å². The quantitative estimate of drug-likeness (QED) is 0.786. The Morgan fingerprint density at radius 2 is 2.15 bits per heavy atom. The zero-order valence-corrected chi connectivity index (χ0v) is 13.3. The molecule has 0 amide bonds. The fourth-order valence-electron chi connectivity index (χ4n) is 2.98. The minimum Gasteiger partial charge on any atom is -0.360 e. The molecular formula is C17H29N3. The lowest BCUT2D eigenvalue weighted by Gasteiger charge is -2.36. The van der Waals surface area contributed by atoms with Crippen LogP contribution in [0.2, 0.25) is 0 Å². The number of aromatic nitrogens is 1. The fourth-order valence-corrected chi connectivity index (χ4v) is 2.98. The van der Waals surface area contributed by atoms with Crippen molar-refractivity contribution in [3.63, 3.8) is 0 Å². The van der Waals surface area contributed by atoms with Crippen molar-refractivity contribution in [3.8, 4) is 0 Å². The van der Waals surface area contributed by atoms with E-state index in [0.29, 0.717) is 6.04 Å². The number of hydrogen-bond acceptors (Lipinski definition) is 3. The van der Waals surface area contributed by atoms with Crippen molar-refractivity contribution >= 4 is 5.82 Å². The van der Waals surface area contributed by atoms with Gasteiger partial charge >= 0.3 is 0 Å². The van der Waals surface area contributed by atoms with E-state index in [0.717, 1.165) is 12.4 Å². The zero-order valence-electron chi connectivity index (χ0n) is 13.3. The SMILES string of the molecule is CCCCN1CCCC[C@H]1c1ccc(N(C)CC)nc1. The number of hydrogen-bond donors (Lipinski definition) is 0. The molecule has 2 rings (SSSR count). The summed E-state index contributed by atoms with van der Waals surface area (Å²) in [5, 5.41) is 0. The molecule has 0 bridgehead atoms. The van der Waals surface area contributed by atoms with Gasteiger partial charge in [0.2, 0.25) is 0 Å². The van der Waals surface area contributed by atoms with Crippen LogP contribution in [0.25, 0.3) is 0 Å². The van der Waals surface area contributed by atoms with Crippen LogP contribution in [0.3, 0.4) is 0 Å². The molecule has 0 saturated carbocycles. The lowest BCUT2D eigenvalue weighted by Crippen LogP contribution is -2.34. The van der Waals surface area contributed by atoms with Crippen LogP contribution in [0.15, 0.2) is 18.3 Å². The maximum absolute atomic E-state index is 4.64. The Morgan fingerprint density at radius 1 is 1.30 bits per heavy atom. The smallest absolute Gasteiger partial charge is 0.128 e. The van der Waals surface area contributed by atoms with Gasteiger partial charge in [-0.2, -0.15) is 0 Å². The molecule has 112 valence electrons. The van der Waals surface area contributed by atoms with Crippen molar-refractivity contribution in [2.45, 2.75) is 52.0 Å². The highest BCUT2D eigenvalue weighted by atomic mass is 15.2. The molecule has 0 aromatic carbocycles. The van der Waals surface area contributed by atoms with Gasteiger partial charge in [-0.05, 0) is 50.9 Å². The van der Waals surface area contributed by atoms with Crippen LogP contribution in [0, 0.1) is 0 Å². The van der Waals surface area contributed by atoms with Crippen molar-refractivity contribution in [3.05, 3.63) is 23.9 Å². The largest absolute Gasteiger partial charge is 0.360 e. The summed E-state index contributed by atoms with van der Waals surface area (Å²) in [5.74, 6) is 1.08. The standard InChI is InChI=1S/C17H29N3/c1-4-6-12-20-13-8-7-9-16(20)15-10-11-17(18-14-15)19(3)5-2/h10-11,14,16H,4-9,12-13H2,1-3H3/t16-/m0/s1. The van der Waals surface area contributed by atoms with Crippen LogP contribution in [0.5, 0.6) is 0 Å². The Labute approximate surface area is 124 Å². The molecule has 3 nitrogen and oxygen atoms in total. The van der Waals surface area contributed by atoms with Crippen LogP contribution in [0.4, 0.5) is 5.82 Å². The first-order valence-electron chi connectivity index (χ1n) is 8.17. The van der Waals surface area contributed by atoms with E-state index in [1.807, 2.05) is 0 Å². The second kappa shape index (κ2) is 7.63. The summed E-state index contributed by atoms with van der Waals surface area (Å²) in [7, 11) is 2.09. The molecule has 1 aromatic heterocycles. The summed E-state index contributed by atoms with van der Waals surface area (Å²) in [5.41, 5.74) is 1.40. The lowest BCUT2D eigenvalue weighted by molar-refractivity contribution is 0.146. The molecule has 1 atom stereocenters. The number of anilines is 1. The van der Waals surface area contributed by atoms with Crippen molar-refractivity contribution in [2.24, 2.45) is 0 Å². The van der Waals surface area contributed by atoms with Crippen LogP contribution < -0.4 is 4.90 Å². The van der Waals surface area contributed by atoms with Gasteiger partial charge in [0.05, 0.1) is 0 Å². The van der Waals surface area contributed by atoms with Gasteiger partial charge in [-0.3, -0.25) is 4.90 Å². The van der Waals surface area contributed by atoms with Crippen molar-refractivity contribution in [1.82, 2.24) is 9.88 Å². The maximum Gasteiger partial charge on any atom is 0.128 e. The highest BCUT2D eigenvalue weighted by Gasteiger charge is 2.23. The molecule has 1 fully saturated rings. The van der Waals surface area contributed by atoms with Gasteiger partial charge in [0.25, 0.3) is 0 Å². The Hall–Kier alpha value is -1.09. The van der Waals surface area contributed by atoms with E-state index in [1.54, 1.807) is 0 Å². The van der Waals surface area contributed by atoms with Gasteiger partial charge in [-0.15, -0.1) is 0 Å². The number of piperidine rings is 1. The van der Waals surface area contributed by atoms with Crippen molar-refractivity contribution in [2.75, 3.05) is 31.6 Å². The third kappa shape index (κ3) is 3.72. The average molecular weight is 275 g/mol. The van der Waals surface area contributed by atoms with Crippen LogP contribution in [-0.4, -0.2) is 36.6 Å². The van der Waals surface area contributed by atoms with E-state index in [-0.39, 0.29) is 0 Å². The third-order valence-electron chi connectivity index (χ3n) is 4.43. The number of unbranched alkanes of at least 4 members (excludes halogenated alkanes) is 1. The second-order valence-corrected chi connectivity index (χ2v) is 5.87. The molecule has 1 aliphatic heterocycles. The topological polar surface area (TPSA) is 19.4 Å². The molecular weight excluding hydrogens is 246 g/mol. The predicted molar refractivity (Wildman–Crippen MR) is 86.3 cm³/mol. The molecule has 0 N–H and O–H groups in total. The number of pyridine rings is 1. The van der Waals surface area contributed by atoms with Gasteiger partial charge in [-0.1, -0.05) is 25.8 Å². The first-order chi connectivity index (χ1) is 9.76. The summed E-state index contributed by atoms with van der Waals surface area (Å²) in [6.07, 6.45) is 8.67. The van der Waals surface area contributed by atoms with Gasteiger partial charge in [-0.25, -0.2) is 4.98 Å². The molecule has 2 heterocycles. The molecule has 3 heteroatoms. The Bertz CT molecular complexity index is 388. The normalized spacial score (nSPS) is 20.1. The van der Waals surface area contributed by atoms with E-state index in [2.05, 4.69) is 54.0 Å². The minimum absolute atomic E-state index is 0.587. The predicted octanol–water partition coefficient (Wildman–Crippen LogP) is 3.86. The van der Waals surface area contributed by atoms with Gasteiger partial charge in [0.1, 0.15) is 5.82 Å². The summed E-state index contributed by atoms with van der Waals surface area (Å²) in [6, 6.07) is 5.04. The molecule has 1 aromatic rings. The fraction of sp³-hybridized carbons (Fsp3) is 0.706. The summed E-state index contributed by atoms with van der Waals surface area (Å²) in [6.45, 7) is 7.91. The summed E-state index contributed by atoms with van der Waals surface area (Å²) in [4.78, 5) is 9.48. The first-order valence-corrected chi connectivity index (χ1v) is 8.17. The molecule has 0 aliphatic carbocycles. The highest BCUT2D eigenvalue weighted by Crippen LogP contribution is 2.31. The first kappa shape index (κ1) is 15.3. The number of rotatable bonds is 6. The minimum atomic E-state index is 0.587. The van der Waals surface area contributed by atoms with E-state index in [1.165, 1.54) is 50.8 Å². The van der Waals surface area contributed by atoms with Gasteiger partial charge in [0, 0.05) is 25.8 Å². The summed E-state index contributed by atoms with van der Waals surface area (Å²) < 4.78 is 0. The van der Waals surface area contributed by atoms with E-state index < -0.39 is 0 Å². The third-order valence-corrected chi connectivity index (χ3v) is 4.43. The van der Waals surface area contributed by atoms with Crippen LogP contribution in [-0.2, 0) is 0 Å². The molecule has 0 spiro atoms. The maximum atomic E-state index is 4.64. The molecule has 1 aliphatic rings. The molecule has 1 saturated heterocycles. The number of nitrogens with zero attached hydrogens (tertiary/aromatic N) is 3. The van der Waals surface area contributed by atoms with Crippen molar-refractivity contribution in [1.29, 1.82) is 0 Å². The lowest BCUT2D eigenvalue weighted by atomic mass is 9.96. The highest BCUT2D eigenvalue weighted by molar-refractivity contribution is 5.38. The second-order valence-electron chi connectivity index (χ2n) is 5.87. The summed E-state index contributed by atoms with van der Waals surface area (Å²) >= 11 is 0. The Kier molecular flexibility index (Phi) is 5.84. The molecule has 0 unspecified atom stereocenters. The Morgan fingerprint density at radius 3 is 2.80 bits per heavy atom. The average Bonchev–Trinajstić information content (AvgIpc) is 2.52. The van der Waals surface area contributed by atoms with Crippen molar-refractivity contribution < 1.29 is 0 Å². The van der Waals surface area contributed by atoms with Gasteiger partial charge in [0.15, 0.2) is 0 Å². The Balaban J connectivity index is 2.07.